The van der Waals surface area contributed by atoms with E-state index in [0.717, 1.165) is 31.5 Å². The molecule has 2 bridgehead atoms. The van der Waals surface area contributed by atoms with E-state index in [2.05, 4.69) is 16.9 Å². The van der Waals surface area contributed by atoms with E-state index in [1.54, 1.807) is 0 Å². The topological polar surface area (TPSA) is 58.4 Å². The van der Waals surface area contributed by atoms with Crippen molar-refractivity contribution in [3.05, 3.63) is 17.0 Å². The Morgan fingerprint density at radius 3 is 2.68 bits per heavy atom. The highest BCUT2D eigenvalue weighted by atomic mass is 16.4. The fraction of sp³-hybridized carbons (Fsp3) is 0.714. The van der Waals surface area contributed by atoms with Gasteiger partial charge in [0.1, 0.15) is 0 Å². The lowest BCUT2D eigenvalue weighted by Gasteiger charge is -2.22. The van der Waals surface area contributed by atoms with E-state index < -0.39 is 5.97 Å². The molecule has 2 saturated heterocycles. The number of aryl methyl sites for hydroxylation is 2. The number of fused-ring (bicyclic) bond motifs is 2. The number of aliphatic carboxylic acids is 1. The molecule has 104 valence electrons. The van der Waals surface area contributed by atoms with Gasteiger partial charge in [0.25, 0.3) is 0 Å². The van der Waals surface area contributed by atoms with E-state index in [-0.39, 0.29) is 12.0 Å². The maximum atomic E-state index is 11.3. The van der Waals surface area contributed by atoms with Gasteiger partial charge in [0, 0.05) is 36.9 Å². The summed E-state index contributed by atoms with van der Waals surface area (Å²) in [7, 11) is 1.96. The summed E-state index contributed by atoms with van der Waals surface area (Å²) in [6.45, 7) is 4.97. The lowest BCUT2D eigenvalue weighted by molar-refractivity contribution is -0.142. The summed E-state index contributed by atoms with van der Waals surface area (Å²) in [5.74, 6) is -0.798. The van der Waals surface area contributed by atoms with Crippen LogP contribution in [0.4, 0.5) is 0 Å². The van der Waals surface area contributed by atoms with E-state index in [0.29, 0.717) is 6.04 Å². The number of rotatable bonds is 3. The first-order valence-electron chi connectivity index (χ1n) is 6.96. The first-order chi connectivity index (χ1) is 8.99. The maximum absolute atomic E-state index is 11.3. The van der Waals surface area contributed by atoms with Crippen molar-refractivity contribution < 1.29 is 9.90 Å². The van der Waals surface area contributed by atoms with Gasteiger partial charge in [0.2, 0.25) is 0 Å². The van der Waals surface area contributed by atoms with Gasteiger partial charge < -0.3 is 5.11 Å². The van der Waals surface area contributed by atoms with Crippen LogP contribution in [0, 0.1) is 19.8 Å². The summed E-state index contributed by atoms with van der Waals surface area (Å²) < 4.78 is 1.91. The van der Waals surface area contributed by atoms with Crippen LogP contribution in [0.5, 0.6) is 0 Å². The van der Waals surface area contributed by atoms with Gasteiger partial charge in [-0.05, 0) is 33.1 Å². The summed E-state index contributed by atoms with van der Waals surface area (Å²) in [6, 6.07) is 0.673. The minimum absolute atomic E-state index is 0.170. The molecule has 3 atom stereocenters. The molecule has 1 N–H and O–H groups in total. The average molecular weight is 263 g/mol. The van der Waals surface area contributed by atoms with Gasteiger partial charge in [-0.1, -0.05) is 0 Å². The van der Waals surface area contributed by atoms with Crippen molar-refractivity contribution in [2.24, 2.45) is 13.0 Å². The minimum atomic E-state index is -0.628. The van der Waals surface area contributed by atoms with Crippen molar-refractivity contribution in [2.75, 3.05) is 0 Å². The molecule has 0 amide bonds. The van der Waals surface area contributed by atoms with Gasteiger partial charge in [-0.25, -0.2) is 0 Å². The van der Waals surface area contributed by atoms with Crippen LogP contribution in [0.1, 0.15) is 36.2 Å². The third kappa shape index (κ3) is 1.87. The molecule has 3 rings (SSSR count). The highest BCUT2D eigenvalue weighted by Gasteiger charge is 2.49. The minimum Gasteiger partial charge on any atom is -0.481 e. The molecule has 3 unspecified atom stereocenters. The van der Waals surface area contributed by atoms with Crippen molar-refractivity contribution in [3.63, 3.8) is 0 Å². The van der Waals surface area contributed by atoms with Crippen LogP contribution >= 0.6 is 0 Å². The second-order valence-electron chi connectivity index (χ2n) is 5.92. The van der Waals surface area contributed by atoms with Gasteiger partial charge in [-0.2, -0.15) is 5.10 Å². The highest BCUT2D eigenvalue weighted by Crippen LogP contribution is 2.42. The monoisotopic (exact) mass is 263 g/mol. The lowest BCUT2D eigenvalue weighted by Crippen LogP contribution is -2.32. The van der Waals surface area contributed by atoms with Gasteiger partial charge in [0.05, 0.1) is 11.6 Å². The van der Waals surface area contributed by atoms with Crippen molar-refractivity contribution >= 4 is 5.97 Å². The van der Waals surface area contributed by atoms with Crippen molar-refractivity contribution in [3.8, 4) is 0 Å². The molecular weight excluding hydrogens is 242 g/mol. The highest BCUT2D eigenvalue weighted by molar-refractivity contribution is 5.71. The molecule has 19 heavy (non-hydrogen) atoms. The van der Waals surface area contributed by atoms with Crippen LogP contribution in [0.15, 0.2) is 0 Å². The van der Waals surface area contributed by atoms with Gasteiger partial charge in [0.15, 0.2) is 0 Å². The Labute approximate surface area is 113 Å². The standard InChI is InChI=1S/C14H21N3O2/c1-8-12(9(2)16(3)15-8)7-17-10-4-5-13(17)11(6-10)14(18)19/h10-11,13H,4-7H2,1-3H3,(H,18,19). The van der Waals surface area contributed by atoms with Crippen molar-refractivity contribution in [1.82, 2.24) is 14.7 Å². The van der Waals surface area contributed by atoms with E-state index in [4.69, 9.17) is 0 Å². The van der Waals surface area contributed by atoms with E-state index in [1.165, 1.54) is 11.3 Å². The number of carbonyl (C=O) groups is 1. The molecule has 1 aromatic rings. The first kappa shape index (κ1) is 12.7. The Hall–Kier alpha value is -1.36. The quantitative estimate of drug-likeness (QED) is 0.897. The van der Waals surface area contributed by atoms with Gasteiger partial charge in [-0.15, -0.1) is 0 Å². The summed E-state index contributed by atoms with van der Waals surface area (Å²) in [4.78, 5) is 13.7. The van der Waals surface area contributed by atoms with Crippen LogP contribution in [0.2, 0.25) is 0 Å². The Balaban J connectivity index is 1.83. The number of hydrogen-bond acceptors (Lipinski definition) is 3. The molecule has 2 aliphatic heterocycles. The zero-order valence-electron chi connectivity index (χ0n) is 11.8. The van der Waals surface area contributed by atoms with Crippen molar-refractivity contribution in [1.29, 1.82) is 0 Å². The van der Waals surface area contributed by atoms with Gasteiger partial charge >= 0.3 is 5.97 Å². The normalized spacial score (nSPS) is 30.2. The van der Waals surface area contributed by atoms with Crippen LogP contribution in [0.25, 0.3) is 0 Å². The molecule has 5 nitrogen and oxygen atoms in total. The van der Waals surface area contributed by atoms with Crippen molar-refractivity contribution in [2.45, 2.75) is 51.7 Å². The maximum Gasteiger partial charge on any atom is 0.308 e. The number of carboxylic acid groups (broad SMARTS) is 1. The zero-order valence-corrected chi connectivity index (χ0v) is 11.8. The fourth-order valence-electron chi connectivity index (χ4n) is 3.84. The molecule has 2 aliphatic rings. The third-order valence-electron chi connectivity index (χ3n) is 5.00. The average Bonchev–Trinajstić information content (AvgIpc) is 2.97. The van der Waals surface area contributed by atoms with Crippen LogP contribution in [0.3, 0.4) is 0 Å². The smallest absolute Gasteiger partial charge is 0.308 e. The van der Waals surface area contributed by atoms with Gasteiger partial charge in [-0.3, -0.25) is 14.4 Å². The number of hydrogen-bond donors (Lipinski definition) is 1. The second-order valence-corrected chi connectivity index (χ2v) is 5.92. The number of aromatic nitrogens is 2. The number of carboxylic acids is 1. The van der Waals surface area contributed by atoms with E-state index in [1.807, 2.05) is 18.7 Å². The Morgan fingerprint density at radius 1 is 1.42 bits per heavy atom. The Morgan fingerprint density at radius 2 is 2.16 bits per heavy atom. The molecule has 2 fully saturated rings. The summed E-state index contributed by atoms with van der Waals surface area (Å²) in [5, 5.41) is 13.7. The van der Waals surface area contributed by atoms with Crippen LogP contribution < -0.4 is 0 Å². The van der Waals surface area contributed by atoms with Crippen LogP contribution in [-0.2, 0) is 18.4 Å². The summed E-state index contributed by atoms with van der Waals surface area (Å²) in [5.41, 5.74) is 3.53. The SMILES string of the molecule is Cc1nn(C)c(C)c1CN1C2CCC1C(C(=O)O)C2. The summed E-state index contributed by atoms with van der Waals surface area (Å²) in [6.07, 6.45) is 2.99. The Bertz CT molecular complexity index is 523. The molecule has 0 aliphatic carbocycles. The first-order valence-corrected chi connectivity index (χ1v) is 6.96. The van der Waals surface area contributed by atoms with E-state index in [9.17, 15) is 9.90 Å². The third-order valence-corrected chi connectivity index (χ3v) is 5.00. The zero-order chi connectivity index (χ0) is 13.7. The molecule has 0 saturated carbocycles. The fourth-order valence-corrected chi connectivity index (χ4v) is 3.84. The molecule has 3 heterocycles. The molecule has 1 aromatic heterocycles. The molecular formula is C14H21N3O2. The number of nitrogens with zero attached hydrogens (tertiary/aromatic N) is 3. The molecule has 0 spiro atoms. The summed E-state index contributed by atoms with van der Waals surface area (Å²) >= 11 is 0. The molecule has 0 radical (unpaired) electrons. The van der Waals surface area contributed by atoms with Crippen LogP contribution in [-0.4, -0.2) is 37.8 Å². The van der Waals surface area contributed by atoms with E-state index >= 15 is 0 Å². The Kier molecular flexibility index (Phi) is 2.89. The molecule has 0 aromatic carbocycles. The largest absolute Gasteiger partial charge is 0.481 e. The molecule has 5 heteroatoms. The predicted octanol–water partition coefficient (Wildman–Crippen LogP) is 1.47. The predicted molar refractivity (Wildman–Crippen MR) is 70.8 cm³/mol. The lowest BCUT2D eigenvalue weighted by atomic mass is 9.89. The second kappa shape index (κ2) is 4.34.